The van der Waals surface area contributed by atoms with Crippen LogP contribution in [0, 0.1) is 11.3 Å². The Labute approximate surface area is 108 Å². The van der Waals surface area contributed by atoms with Crippen molar-refractivity contribution in [2.24, 2.45) is 0 Å². The van der Waals surface area contributed by atoms with E-state index in [0.717, 1.165) is 13.0 Å². The van der Waals surface area contributed by atoms with Gasteiger partial charge in [0.25, 0.3) is 5.91 Å². The zero-order valence-corrected chi connectivity index (χ0v) is 10.8. The summed E-state index contributed by atoms with van der Waals surface area (Å²) >= 11 is 0. The van der Waals surface area contributed by atoms with Crippen LogP contribution in [0.5, 0.6) is 0 Å². The number of unbranched alkanes of at least 4 members (excludes halogenated alkanes) is 2. The lowest BCUT2D eigenvalue weighted by Crippen LogP contribution is -2.86. The summed E-state index contributed by atoms with van der Waals surface area (Å²) in [5.41, 5.74) is 1.09. The normalized spacial score (nSPS) is 9.78. The Balaban J connectivity index is 2.34. The van der Waals surface area contributed by atoms with Crippen LogP contribution >= 0.6 is 0 Å². The van der Waals surface area contributed by atoms with Gasteiger partial charge in [-0.2, -0.15) is 5.26 Å². The topological polar surface area (TPSA) is 69.5 Å². The maximum atomic E-state index is 11.7. The average Bonchev–Trinajstić information content (AvgIpc) is 2.39. The number of amides is 1. The van der Waals surface area contributed by atoms with E-state index in [1.807, 2.05) is 5.32 Å². The van der Waals surface area contributed by atoms with E-state index in [4.69, 9.17) is 5.26 Å². The van der Waals surface area contributed by atoms with Crippen LogP contribution in [0.15, 0.2) is 24.3 Å². The van der Waals surface area contributed by atoms with Crippen LogP contribution in [0.4, 0.5) is 5.69 Å². The highest BCUT2D eigenvalue weighted by molar-refractivity contribution is 5.92. The van der Waals surface area contributed by atoms with Crippen LogP contribution in [0.2, 0.25) is 0 Å². The first-order chi connectivity index (χ1) is 8.77. The highest BCUT2D eigenvalue weighted by atomic mass is 16.1. The van der Waals surface area contributed by atoms with Crippen molar-refractivity contribution in [2.75, 3.05) is 18.4 Å². The van der Waals surface area contributed by atoms with Crippen molar-refractivity contribution < 1.29 is 10.1 Å². The molecule has 3 N–H and O–H groups in total. The molecule has 1 amide bonds. The van der Waals surface area contributed by atoms with Crippen LogP contribution in [0.3, 0.4) is 0 Å². The summed E-state index contributed by atoms with van der Waals surface area (Å²) in [6.07, 6.45) is 3.53. The molecule has 0 aliphatic rings. The third-order valence-corrected chi connectivity index (χ3v) is 2.66. The Kier molecular flexibility index (Phi) is 6.52. The van der Waals surface area contributed by atoms with Gasteiger partial charge in [-0.15, -0.1) is 0 Å². The standard InChI is InChI=1S/C14H19N3O/c1-2-3-6-9-16-11-14(18)17-13-8-5-4-7-12(13)10-15/h4-5,7-8,16H,2-3,6,9,11H2,1H3,(H,17,18)/p+1. The smallest absolute Gasteiger partial charge is 0.279 e. The highest BCUT2D eigenvalue weighted by Gasteiger charge is 2.07. The van der Waals surface area contributed by atoms with E-state index >= 15 is 0 Å². The molecule has 18 heavy (non-hydrogen) atoms. The van der Waals surface area contributed by atoms with Crippen LogP contribution in [0.1, 0.15) is 31.7 Å². The molecule has 0 aliphatic heterocycles. The molecule has 0 saturated heterocycles. The largest absolute Gasteiger partial charge is 0.338 e. The van der Waals surface area contributed by atoms with E-state index in [0.29, 0.717) is 17.8 Å². The second-order valence-corrected chi connectivity index (χ2v) is 4.19. The van der Waals surface area contributed by atoms with Gasteiger partial charge >= 0.3 is 0 Å². The number of benzene rings is 1. The predicted octanol–water partition coefficient (Wildman–Crippen LogP) is 1.25. The quantitative estimate of drug-likeness (QED) is 0.711. The maximum absolute atomic E-state index is 11.7. The van der Waals surface area contributed by atoms with Gasteiger partial charge in [-0.3, -0.25) is 4.79 Å². The summed E-state index contributed by atoms with van der Waals surface area (Å²) in [5, 5.41) is 13.7. The summed E-state index contributed by atoms with van der Waals surface area (Å²) in [5.74, 6) is -0.0609. The highest BCUT2D eigenvalue weighted by Crippen LogP contribution is 2.12. The first kappa shape index (κ1) is 14.2. The maximum Gasteiger partial charge on any atom is 0.279 e. The molecule has 1 rings (SSSR count). The third kappa shape index (κ3) is 4.98. The molecule has 0 saturated carbocycles. The summed E-state index contributed by atoms with van der Waals surface area (Å²) in [6, 6.07) is 9.09. The minimum atomic E-state index is -0.0609. The molecule has 1 aromatic rings. The Bertz CT molecular complexity index is 423. The van der Waals surface area contributed by atoms with E-state index < -0.39 is 0 Å². The zero-order valence-electron chi connectivity index (χ0n) is 10.8. The van der Waals surface area contributed by atoms with Crippen molar-refractivity contribution in [2.45, 2.75) is 26.2 Å². The molecule has 0 heterocycles. The van der Waals surface area contributed by atoms with Crippen molar-refractivity contribution in [3.63, 3.8) is 0 Å². The zero-order chi connectivity index (χ0) is 13.2. The lowest BCUT2D eigenvalue weighted by Gasteiger charge is -2.06. The molecular weight excluding hydrogens is 226 g/mol. The Hall–Kier alpha value is -1.86. The fourth-order valence-electron chi connectivity index (χ4n) is 1.66. The number of hydrogen-bond acceptors (Lipinski definition) is 2. The summed E-state index contributed by atoms with van der Waals surface area (Å²) in [4.78, 5) is 11.7. The summed E-state index contributed by atoms with van der Waals surface area (Å²) in [7, 11) is 0. The number of anilines is 1. The molecule has 0 radical (unpaired) electrons. The minimum Gasteiger partial charge on any atom is -0.338 e. The molecule has 0 bridgehead atoms. The van der Waals surface area contributed by atoms with Gasteiger partial charge in [0, 0.05) is 0 Å². The first-order valence-electron chi connectivity index (χ1n) is 6.38. The van der Waals surface area contributed by atoms with Crippen LogP contribution < -0.4 is 10.6 Å². The van der Waals surface area contributed by atoms with E-state index in [2.05, 4.69) is 18.3 Å². The average molecular weight is 246 g/mol. The number of quaternary nitrogens is 1. The number of nitriles is 1. The number of nitrogens with two attached hydrogens (primary N) is 1. The summed E-state index contributed by atoms with van der Waals surface area (Å²) in [6.45, 7) is 3.54. The molecule has 0 fully saturated rings. The summed E-state index contributed by atoms with van der Waals surface area (Å²) < 4.78 is 0. The Morgan fingerprint density at radius 1 is 1.39 bits per heavy atom. The number of para-hydroxylation sites is 1. The number of nitrogens with zero attached hydrogens (tertiary/aromatic N) is 1. The second kappa shape index (κ2) is 8.26. The van der Waals surface area contributed by atoms with Gasteiger partial charge < -0.3 is 10.6 Å². The molecule has 0 aliphatic carbocycles. The fraction of sp³-hybridized carbons (Fsp3) is 0.429. The van der Waals surface area contributed by atoms with Gasteiger partial charge in [0.05, 0.1) is 17.8 Å². The van der Waals surface area contributed by atoms with Crippen molar-refractivity contribution in [3.8, 4) is 6.07 Å². The molecule has 0 unspecified atom stereocenters. The Morgan fingerprint density at radius 2 is 2.17 bits per heavy atom. The predicted molar refractivity (Wildman–Crippen MR) is 71.0 cm³/mol. The SMILES string of the molecule is CCCCC[NH2+]CC(=O)Nc1ccccc1C#N. The van der Waals surface area contributed by atoms with Crippen LogP contribution in [-0.4, -0.2) is 19.0 Å². The molecular formula is C14H20N3O+. The van der Waals surface area contributed by atoms with Gasteiger partial charge in [0.1, 0.15) is 6.07 Å². The molecule has 0 aromatic heterocycles. The molecule has 0 spiro atoms. The van der Waals surface area contributed by atoms with E-state index in [1.165, 1.54) is 12.8 Å². The molecule has 0 atom stereocenters. The molecule has 1 aromatic carbocycles. The van der Waals surface area contributed by atoms with Gasteiger partial charge in [0.2, 0.25) is 0 Å². The number of carbonyl (C=O) groups is 1. The van der Waals surface area contributed by atoms with Crippen molar-refractivity contribution >= 4 is 11.6 Å². The van der Waals surface area contributed by atoms with Gasteiger partial charge in [-0.1, -0.05) is 25.5 Å². The number of rotatable bonds is 7. The number of hydrogen-bond donors (Lipinski definition) is 2. The third-order valence-electron chi connectivity index (χ3n) is 2.66. The number of nitrogens with one attached hydrogen (secondary N) is 1. The molecule has 4 heteroatoms. The lowest BCUT2D eigenvalue weighted by atomic mass is 10.2. The van der Waals surface area contributed by atoms with Gasteiger partial charge in [0.15, 0.2) is 6.54 Å². The fourth-order valence-corrected chi connectivity index (χ4v) is 1.66. The Morgan fingerprint density at radius 3 is 2.89 bits per heavy atom. The van der Waals surface area contributed by atoms with E-state index in [1.54, 1.807) is 24.3 Å². The molecule has 4 nitrogen and oxygen atoms in total. The first-order valence-corrected chi connectivity index (χ1v) is 6.38. The second-order valence-electron chi connectivity index (χ2n) is 4.19. The van der Waals surface area contributed by atoms with Crippen molar-refractivity contribution in [1.29, 1.82) is 5.26 Å². The van der Waals surface area contributed by atoms with Crippen LogP contribution in [0.25, 0.3) is 0 Å². The van der Waals surface area contributed by atoms with Crippen LogP contribution in [-0.2, 0) is 4.79 Å². The van der Waals surface area contributed by atoms with Gasteiger partial charge in [-0.25, -0.2) is 0 Å². The molecule has 96 valence electrons. The minimum absolute atomic E-state index is 0.0609. The monoisotopic (exact) mass is 246 g/mol. The van der Waals surface area contributed by atoms with Gasteiger partial charge in [-0.05, 0) is 25.0 Å². The van der Waals surface area contributed by atoms with Crippen molar-refractivity contribution in [1.82, 2.24) is 0 Å². The number of carbonyl (C=O) groups excluding carboxylic acids is 1. The van der Waals surface area contributed by atoms with Crippen molar-refractivity contribution in [3.05, 3.63) is 29.8 Å². The lowest BCUT2D eigenvalue weighted by molar-refractivity contribution is -0.643. The van der Waals surface area contributed by atoms with E-state index in [-0.39, 0.29) is 5.91 Å². The van der Waals surface area contributed by atoms with E-state index in [9.17, 15) is 4.79 Å².